The summed E-state index contributed by atoms with van der Waals surface area (Å²) in [4.78, 5) is 4.08. The van der Waals surface area contributed by atoms with Crippen LogP contribution in [0.15, 0.2) is 39.4 Å². The fraction of sp³-hybridized carbons (Fsp3) is 0.100. The zero-order valence-corrected chi connectivity index (χ0v) is 9.11. The third-order valence-corrected chi connectivity index (χ3v) is 2.31. The average molecular weight is 254 g/mol. The molecule has 14 heavy (non-hydrogen) atoms. The van der Waals surface area contributed by atoms with Crippen molar-refractivity contribution in [3.05, 3.63) is 34.9 Å². The Balaban J connectivity index is 2.34. The summed E-state index contributed by atoms with van der Waals surface area (Å²) in [5, 5.41) is 0. The molecule has 0 bridgehead atoms. The molecule has 0 spiro atoms. The first kappa shape index (κ1) is 9.27. The fourth-order valence-corrected chi connectivity index (χ4v) is 1.34. The summed E-state index contributed by atoms with van der Waals surface area (Å²) in [6, 6.07) is 7.72. The normalized spacial score (nSPS) is 10.1. The number of rotatable bonds is 2. The van der Waals surface area contributed by atoms with Gasteiger partial charge in [-0.25, -0.2) is 4.98 Å². The maximum atomic E-state index is 5.31. The molecular weight excluding hydrogens is 246 g/mol. The van der Waals surface area contributed by atoms with Crippen LogP contribution in [0.3, 0.4) is 0 Å². The number of halogens is 1. The van der Waals surface area contributed by atoms with Crippen LogP contribution >= 0.6 is 15.9 Å². The number of aromatic nitrogens is 1. The minimum atomic E-state index is 0.419. The largest absolute Gasteiger partial charge is 0.467 e. The Bertz CT molecular complexity index is 422. The first-order chi connectivity index (χ1) is 6.79. The summed E-state index contributed by atoms with van der Waals surface area (Å²) in [6.07, 6.45) is 1.55. The van der Waals surface area contributed by atoms with E-state index in [2.05, 4.69) is 20.9 Å². The van der Waals surface area contributed by atoms with Crippen molar-refractivity contribution in [1.29, 1.82) is 0 Å². The van der Waals surface area contributed by atoms with Gasteiger partial charge in [0.05, 0.1) is 7.11 Å². The summed E-state index contributed by atoms with van der Waals surface area (Å²) < 4.78 is 11.2. The summed E-state index contributed by atoms with van der Waals surface area (Å²) >= 11 is 3.36. The molecule has 0 radical (unpaired) electrons. The summed E-state index contributed by atoms with van der Waals surface area (Å²) in [5.41, 5.74) is 0.927. The van der Waals surface area contributed by atoms with Gasteiger partial charge in [-0.3, -0.25) is 0 Å². The van der Waals surface area contributed by atoms with Gasteiger partial charge in [-0.15, -0.1) is 0 Å². The van der Waals surface area contributed by atoms with E-state index in [-0.39, 0.29) is 0 Å². The van der Waals surface area contributed by atoms with Gasteiger partial charge in [0, 0.05) is 10.0 Å². The lowest BCUT2D eigenvalue weighted by Crippen LogP contribution is -1.76. The Morgan fingerprint density at radius 3 is 2.57 bits per heavy atom. The van der Waals surface area contributed by atoms with Crippen molar-refractivity contribution in [2.24, 2.45) is 0 Å². The van der Waals surface area contributed by atoms with Gasteiger partial charge in [0.2, 0.25) is 5.89 Å². The maximum absolute atomic E-state index is 5.31. The van der Waals surface area contributed by atoms with Crippen LogP contribution in [0.5, 0.6) is 5.95 Å². The van der Waals surface area contributed by atoms with Crippen LogP contribution in [-0.2, 0) is 0 Å². The number of oxazole rings is 1. The van der Waals surface area contributed by atoms with Crippen molar-refractivity contribution in [2.75, 3.05) is 7.11 Å². The molecule has 1 aromatic heterocycles. The molecule has 0 unspecified atom stereocenters. The van der Waals surface area contributed by atoms with Crippen LogP contribution in [0.2, 0.25) is 0 Å². The number of hydrogen-bond acceptors (Lipinski definition) is 3. The summed E-state index contributed by atoms with van der Waals surface area (Å²) in [5.74, 6) is 0.984. The van der Waals surface area contributed by atoms with E-state index in [1.807, 2.05) is 24.3 Å². The Morgan fingerprint density at radius 1 is 1.29 bits per heavy atom. The van der Waals surface area contributed by atoms with Gasteiger partial charge in [0.1, 0.15) is 6.20 Å². The van der Waals surface area contributed by atoms with Gasteiger partial charge in [0.25, 0.3) is 0 Å². The van der Waals surface area contributed by atoms with Crippen molar-refractivity contribution in [1.82, 2.24) is 4.98 Å². The highest BCUT2D eigenvalue weighted by Gasteiger charge is 2.05. The quantitative estimate of drug-likeness (QED) is 0.825. The molecule has 2 rings (SSSR count). The molecule has 0 aliphatic carbocycles. The molecule has 0 fully saturated rings. The minimum Gasteiger partial charge on any atom is -0.467 e. The molecule has 2 aromatic rings. The number of hydrogen-bond donors (Lipinski definition) is 0. The first-order valence-corrected chi connectivity index (χ1v) is 4.84. The highest BCUT2D eigenvalue weighted by atomic mass is 79.9. The summed E-state index contributed by atoms with van der Waals surface area (Å²) in [7, 11) is 1.55. The molecule has 1 heterocycles. The van der Waals surface area contributed by atoms with Gasteiger partial charge < -0.3 is 9.15 Å². The number of nitrogens with zero attached hydrogens (tertiary/aromatic N) is 1. The lowest BCUT2D eigenvalue weighted by atomic mass is 10.2. The topological polar surface area (TPSA) is 35.3 Å². The van der Waals surface area contributed by atoms with Crippen molar-refractivity contribution in [3.8, 4) is 17.4 Å². The fourth-order valence-electron chi connectivity index (χ4n) is 1.08. The van der Waals surface area contributed by atoms with E-state index in [1.54, 1.807) is 13.3 Å². The van der Waals surface area contributed by atoms with Crippen molar-refractivity contribution < 1.29 is 9.15 Å². The molecular formula is C10H8BrNO2. The predicted octanol–water partition coefficient (Wildman–Crippen LogP) is 3.11. The second kappa shape index (κ2) is 3.84. The summed E-state index contributed by atoms with van der Waals surface area (Å²) in [6.45, 7) is 0. The third kappa shape index (κ3) is 1.80. The third-order valence-electron chi connectivity index (χ3n) is 1.78. The molecule has 0 atom stereocenters. The van der Waals surface area contributed by atoms with Crippen molar-refractivity contribution >= 4 is 15.9 Å². The van der Waals surface area contributed by atoms with Gasteiger partial charge in [-0.1, -0.05) is 15.9 Å². The molecule has 0 amide bonds. The second-order valence-electron chi connectivity index (χ2n) is 2.70. The van der Waals surface area contributed by atoms with E-state index >= 15 is 0 Å². The van der Waals surface area contributed by atoms with Gasteiger partial charge in [-0.05, 0) is 24.3 Å². The smallest absolute Gasteiger partial charge is 0.305 e. The zero-order valence-electron chi connectivity index (χ0n) is 7.53. The zero-order chi connectivity index (χ0) is 9.97. The van der Waals surface area contributed by atoms with Gasteiger partial charge in [0.15, 0.2) is 0 Å². The number of benzene rings is 1. The molecule has 0 saturated heterocycles. The minimum absolute atomic E-state index is 0.419. The van der Waals surface area contributed by atoms with Crippen LogP contribution < -0.4 is 4.74 Å². The molecule has 0 saturated carbocycles. The predicted molar refractivity (Wildman–Crippen MR) is 56.2 cm³/mol. The highest BCUT2D eigenvalue weighted by Crippen LogP contribution is 2.23. The lowest BCUT2D eigenvalue weighted by molar-refractivity contribution is 0.309. The van der Waals surface area contributed by atoms with Crippen LogP contribution in [0.25, 0.3) is 11.5 Å². The molecule has 0 aliphatic rings. The molecule has 0 N–H and O–H groups in total. The Labute approximate surface area is 89.8 Å². The van der Waals surface area contributed by atoms with E-state index in [9.17, 15) is 0 Å². The van der Waals surface area contributed by atoms with E-state index in [0.29, 0.717) is 11.8 Å². The van der Waals surface area contributed by atoms with Gasteiger partial charge >= 0.3 is 5.95 Å². The lowest BCUT2D eigenvalue weighted by Gasteiger charge is -1.95. The molecule has 0 aliphatic heterocycles. The average Bonchev–Trinajstić information content (AvgIpc) is 2.67. The van der Waals surface area contributed by atoms with Crippen molar-refractivity contribution in [2.45, 2.75) is 0 Å². The molecule has 4 heteroatoms. The number of methoxy groups -OCH3 is 1. The van der Waals surface area contributed by atoms with E-state index in [4.69, 9.17) is 9.15 Å². The second-order valence-corrected chi connectivity index (χ2v) is 3.61. The van der Waals surface area contributed by atoms with E-state index in [1.165, 1.54) is 0 Å². The van der Waals surface area contributed by atoms with Crippen LogP contribution in [0.4, 0.5) is 0 Å². The van der Waals surface area contributed by atoms with Crippen LogP contribution in [0.1, 0.15) is 0 Å². The SMILES string of the molecule is COc1cnc(-c2ccc(Br)cc2)o1. The monoisotopic (exact) mass is 253 g/mol. The number of ether oxygens (including phenoxy) is 1. The highest BCUT2D eigenvalue weighted by molar-refractivity contribution is 9.10. The van der Waals surface area contributed by atoms with Crippen LogP contribution in [-0.4, -0.2) is 12.1 Å². The van der Waals surface area contributed by atoms with E-state index in [0.717, 1.165) is 10.0 Å². The van der Waals surface area contributed by atoms with E-state index < -0.39 is 0 Å². The van der Waals surface area contributed by atoms with Gasteiger partial charge in [-0.2, -0.15) is 0 Å². The Kier molecular flexibility index (Phi) is 2.54. The Hall–Kier alpha value is -1.29. The van der Waals surface area contributed by atoms with Crippen molar-refractivity contribution in [3.63, 3.8) is 0 Å². The molecule has 72 valence electrons. The first-order valence-electron chi connectivity index (χ1n) is 4.05. The maximum Gasteiger partial charge on any atom is 0.305 e. The Morgan fingerprint density at radius 2 is 2.00 bits per heavy atom. The molecule has 3 nitrogen and oxygen atoms in total. The standard InChI is InChI=1S/C10H8BrNO2/c1-13-9-6-12-10(14-9)7-2-4-8(11)5-3-7/h2-6H,1H3. The molecule has 1 aromatic carbocycles. The van der Waals surface area contributed by atoms with Crippen LogP contribution in [0, 0.1) is 0 Å².